The Morgan fingerprint density at radius 3 is 2.62 bits per heavy atom. The molecule has 1 N–H and O–H groups in total. The fraction of sp³-hybridized carbons (Fsp3) is 0.381. The first-order valence-electron chi connectivity index (χ1n) is 9.13. The SMILES string of the molecule is COCCc1nc2scc(-c3ccc(OC)c(C)c3)c2c(=O)n1C(C)(C)C(=O)O. The summed E-state index contributed by atoms with van der Waals surface area (Å²) in [5.41, 5.74) is 0.730. The van der Waals surface area contributed by atoms with Gasteiger partial charge in [-0.1, -0.05) is 6.07 Å². The van der Waals surface area contributed by atoms with Crippen molar-refractivity contribution in [2.45, 2.75) is 32.7 Å². The number of nitrogens with zero attached hydrogens (tertiary/aromatic N) is 2. The minimum absolute atomic E-state index is 0.337. The average molecular weight is 416 g/mol. The van der Waals surface area contributed by atoms with E-state index < -0.39 is 11.5 Å². The minimum Gasteiger partial charge on any atom is -0.496 e. The van der Waals surface area contributed by atoms with Gasteiger partial charge < -0.3 is 14.6 Å². The molecule has 0 amide bonds. The van der Waals surface area contributed by atoms with Crippen molar-refractivity contribution in [1.29, 1.82) is 0 Å². The number of methoxy groups -OCH3 is 2. The first-order valence-corrected chi connectivity index (χ1v) is 10.0. The van der Waals surface area contributed by atoms with E-state index in [2.05, 4.69) is 4.98 Å². The van der Waals surface area contributed by atoms with Gasteiger partial charge in [-0.3, -0.25) is 9.36 Å². The molecule has 8 heteroatoms. The molecule has 1 aromatic carbocycles. The molecule has 0 fully saturated rings. The molecule has 29 heavy (non-hydrogen) atoms. The Balaban J connectivity index is 2.31. The number of aryl methyl sites for hydroxylation is 1. The Bertz CT molecular complexity index is 1130. The van der Waals surface area contributed by atoms with Gasteiger partial charge in [0.25, 0.3) is 5.56 Å². The number of rotatable bonds is 7. The van der Waals surface area contributed by atoms with Gasteiger partial charge in [0, 0.05) is 24.5 Å². The smallest absolute Gasteiger partial charge is 0.329 e. The van der Waals surface area contributed by atoms with E-state index in [1.807, 2.05) is 30.5 Å². The maximum Gasteiger partial charge on any atom is 0.329 e. The summed E-state index contributed by atoms with van der Waals surface area (Å²) in [6.07, 6.45) is 0.341. The number of hydrogen-bond donors (Lipinski definition) is 1. The summed E-state index contributed by atoms with van der Waals surface area (Å²) in [4.78, 5) is 30.7. The van der Waals surface area contributed by atoms with Gasteiger partial charge in [0.2, 0.25) is 0 Å². The highest BCUT2D eigenvalue weighted by Gasteiger charge is 2.34. The van der Waals surface area contributed by atoms with Crippen molar-refractivity contribution in [3.8, 4) is 16.9 Å². The van der Waals surface area contributed by atoms with Gasteiger partial charge in [0.15, 0.2) is 0 Å². The van der Waals surface area contributed by atoms with Crippen LogP contribution in [0.3, 0.4) is 0 Å². The summed E-state index contributed by atoms with van der Waals surface area (Å²) in [6.45, 7) is 5.28. The van der Waals surface area contributed by atoms with Crippen molar-refractivity contribution in [2.75, 3.05) is 20.8 Å². The fourth-order valence-electron chi connectivity index (χ4n) is 3.32. The molecule has 0 aliphatic carbocycles. The van der Waals surface area contributed by atoms with E-state index in [4.69, 9.17) is 9.47 Å². The number of fused-ring (bicyclic) bond motifs is 1. The molecule has 2 aromatic heterocycles. The zero-order valence-corrected chi connectivity index (χ0v) is 17.9. The van der Waals surface area contributed by atoms with Crippen LogP contribution in [-0.2, 0) is 21.5 Å². The van der Waals surface area contributed by atoms with Crippen LogP contribution < -0.4 is 10.3 Å². The summed E-state index contributed by atoms with van der Waals surface area (Å²) in [6, 6.07) is 5.69. The van der Waals surface area contributed by atoms with Crippen LogP contribution in [0.1, 0.15) is 25.2 Å². The molecule has 0 unspecified atom stereocenters. The lowest BCUT2D eigenvalue weighted by Gasteiger charge is -2.25. The largest absolute Gasteiger partial charge is 0.496 e. The molecule has 0 spiro atoms. The van der Waals surface area contributed by atoms with Crippen LogP contribution in [0.5, 0.6) is 5.75 Å². The molecule has 0 saturated heterocycles. The van der Waals surface area contributed by atoms with Crippen molar-refractivity contribution in [2.24, 2.45) is 0 Å². The molecule has 0 aliphatic rings. The van der Waals surface area contributed by atoms with E-state index in [9.17, 15) is 14.7 Å². The third-order valence-electron chi connectivity index (χ3n) is 5.00. The molecular weight excluding hydrogens is 392 g/mol. The predicted molar refractivity (Wildman–Crippen MR) is 113 cm³/mol. The monoisotopic (exact) mass is 416 g/mol. The van der Waals surface area contributed by atoms with E-state index in [1.165, 1.54) is 29.8 Å². The second kappa shape index (κ2) is 7.96. The maximum absolute atomic E-state index is 13.5. The lowest BCUT2D eigenvalue weighted by atomic mass is 10.0. The van der Waals surface area contributed by atoms with Crippen molar-refractivity contribution in [1.82, 2.24) is 9.55 Å². The summed E-state index contributed by atoms with van der Waals surface area (Å²) < 4.78 is 11.7. The lowest BCUT2D eigenvalue weighted by Crippen LogP contribution is -2.45. The van der Waals surface area contributed by atoms with Gasteiger partial charge in [0.1, 0.15) is 21.9 Å². The molecule has 0 atom stereocenters. The molecular formula is C21H24N2O5S. The molecule has 3 aromatic rings. The number of carboxylic acids is 1. The van der Waals surface area contributed by atoms with Crippen LogP contribution in [0, 0.1) is 6.92 Å². The van der Waals surface area contributed by atoms with Crippen molar-refractivity contribution >= 4 is 27.5 Å². The minimum atomic E-state index is -1.45. The van der Waals surface area contributed by atoms with E-state index >= 15 is 0 Å². The first kappa shape index (κ1) is 21.0. The van der Waals surface area contributed by atoms with Crippen LogP contribution in [0.4, 0.5) is 0 Å². The van der Waals surface area contributed by atoms with E-state index in [1.54, 1.807) is 14.2 Å². The predicted octanol–water partition coefficient (Wildman–Crippen LogP) is 3.45. The molecule has 0 saturated carbocycles. The van der Waals surface area contributed by atoms with Gasteiger partial charge in [0.05, 0.1) is 19.1 Å². The standard InChI is InChI=1S/C21H24N2O5S/c1-12-10-13(6-7-15(12)28-5)14-11-29-18-17(14)19(24)23(21(2,3)20(25)26)16(22-18)8-9-27-4/h6-7,10-11H,8-9H2,1-5H3,(H,25,26). The fourth-order valence-corrected chi connectivity index (χ4v) is 4.28. The van der Waals surface area contributed by atoms with Crippen molar-refractivity contribution in [3.05, 3.63) is 45.3 Å². The molecule has 7 nitrogen and oxygen atoms in total. The Labute approximate surface area is 172 Å². The zero-order valence-electron chi connectivity index (χ0n) is 17.1. The van der Waals surface area contributed by atoms with Gasteiger partial charge in [-0.05, 0) is 44.0 Å². The molecule has 0 bridgehead atoms. The van der Waals surface area contributed by atoms with Crippen LogP contribution in [-0.4, -0.2) is 41.5 Å². The van der Waals surface area contributed by atoms with Gasteiger partial charge in [-0.15, -0.1) is 11.3 Å². The molecule has 154 valence electrons. The highest BCUT2D eigenvalue weighted by molar-refractivity contribution is 7.17. The van der Waals surface area contributed by atoms with Crippen molar-refractivity contribution < 1.29 is 19.4 Å². The number of aromatic nitrogens is 2. The summed E-state index contributed by atoms with van der Waals surface area (Å²) in [5, 5.41) is 12.1. The highest BCUT2D eigenvalue weighted by atomic mass is 32.1. The number of ether oxygens (including phenoxy) is 2. The Morgan fingerprint density at radius 1 is 1.31 bits per heavy atom. The number of carboxylic acid groups (broad SMARTS) is 1. The number of hydrogen-bond acceptors (Lipinski definition) is 6. The second-order valence-corrected chi connectivity index (χ2v) is 8.15. The molecule has 0 radical (unpaired) electrons. The number of benzene rings is 1. The van der Waals surface area contributed by atoms with Crippen LogP contribution in [0.2, 0.25) is 0 Å². The zero-order chi connectivity index (χ0) is 21.3. The Hall–Kier alpha value is -2.71. The third-order valence-corrected chi connectivity index (χ3v) is 5.87. The van der Waals surface area contributed by atoms with Crippen LogP contribution in [0.15, 0.2) is 28.4 Å². The van der Waals surface area contributed by atoms with Crippen LogP contribution >= 0.6 is 11.3 Å². The average Bonchev–Trinajstić information content (AvgIpc) is 3.10. The molecule has 0 aliphatic heterocycles. The Morgan fingerprint density at radius 2 is 2.03 bits per heavy atom. The lowest BCUT2D eigenvalue weighted by molar-refractivity contribution is -0.146. The highest BCUT2D eigenvalue weighted by Crippen LogP contribution is 2.34. The number of carbonyl (C=O) groups is 1. The number of thiophene rings is 1. The Kier molecular flexibility index (Phi) is 5.77. The number of aliphatic carboxylic acids is 1. The van der Waals surface area contributed by atoms with E-state index in [0.29, 0.717) is 29.1 Å². The normalized spacial score (nSPS) is 11.8. The topological polar surface area (TPSA) is 90.7 Å². The van der Waals surface area contributed by atoms with E-state index in [-0.39, 0.29) is 5.56 Å². The van der Waals surface area contributed by atoms with Crippen molar-refractivity contribution in [3.63, 3.8) is 0 Å². The summed E-state index contributed by atoms with van der Waals surface area (Å²) in [5.74, 6) is 0.0604. The van der Waals surface area contributed by atoms with Gasteiger partial charge in [-0.2, -0.15) is 0 Å². The maximum atomic E-state index is 13.5. The second-order valence-electron chi connectivity index (χ2n) is 7.29. The first-order chi connectivity index (χ1) is 13.7. The van der Waals surface area contributed by atoms with Gasteiger partial charge >= 0.3 is 5.97 Å². The molecule has 2 heterocycles. The van der Waals surface area contributed by atoms with Crippen LogP contribution in [0.25, 0.3) is 21.3 Å². The summed E-state index contributed by atoms with van der Waals surface area (Å²) in [7, 11) is 3.17. The third kappa shape index (κ3) is 3.65. The summed E-state index contributed by atoms with van der Waals surface area (Å²) >= 11 is 1.37. The van der Waals surface area contributed by atoms with E-state index in [0.717, 1.165) is 22.4 Å². The molecule has 3 rings (SSSR count). The quantitative estimate of drug-likeness (QED) is 0.634. The van der Waals surface area contributed by atoms with Gasteiger partial charge in [-0.25, -0.2) is 9.78 Å².